The van der Waals surface area contributed by atoms with Crippen molar-refractivity contribution in [3.05, 3.63) is 35.9 Å². The van der Waals surface area contributed by atoms with Gasteiger partial charge in [-0.25, -0.2) is 0 Å². The average Bonchev–Trinajstić information content (AvgIpc) is 2.97. The minimum atomic E-state index is 0.554. The van der Waals surface area contributed by atoms with Crippen LogP contribution >= 0.6 is 11.8 Å². The fourth-order valence-corrected chi connectivity index (χ4v) is 4.01. The fourth-order valence-electron chi connectivity index (χ4n) is 2.72. The molecule has 1 nitrogen and oxygen atoms in total. The molecule has 1 aliphatic heterocycles. The Balaban J connectivity index is 1.85. The SMILES string of the molecule is CCCCCC(NCC1CCSC1)c1ccccc1. The molecule has 1 fully saturated rings. The summed E-state index contributed by atoms with van der Waals surface area (Å²) in [4.78, 5) is 0. The summed E-state index contributed by atoms with van der Waals surface area (Å²) < 4.78 is 0. The summed E-state index contributed by atoms with van der Waals surface area (Å²) in [6.45, 7) is 3.47. The van der Waals surface area contributed by atoms with E-state index in [-0.39, 0.29) is 0 Å². The van der Waals surface area contributed by atoms with Crippen molar-refractivity contribution in [2.45, 2.75) is 45.1 Å². The van der Waals surface area contributed by atoms with Gasteiger partial charge >= 0.3 is 0 Å². The Hall–Kier alpha value is -0.470. The molecular formula is C17H27NS. The van der Waals surface area contributed by atoms with Crippen molar-refractivity contribution in [3.8, 4) is 0 Å². The summed E-state index contributed by atoms with van der Waals surface area (Å²) in [5.74, 6) is 3.60. The Labute approximate surface area is 122 Å². The smallest absolute Gasteiger partial charge is 0.0320 e. The predicted octanol–water partition coefficient (Wildman–Crippen LogP) is 4.65. The first-order valence-corrected chi connectivity index (χ1v) is 8.91. The zero-order valence-electron chi connectivity index (χ0n) is 12.1. The van der Waals surface area contributed by atoms with E-state index in [0.717, 1.165) is 5.92 Å². The highest BCUT2D eigenvalue weighted by Crippen LogP contribution is 2.25. The van der Waals surface area contributed by atoms with Crippen LogP contribution in [0.1, 0.15) is 50.6 Å². The lowest BCUT2D eigenvalue weighted by atomic mass is 9.99. The van der Waals surface area contributed by atoms with Gasteiger partial charge in [-0.2, -0.15) is 11.8 Å². The van der Waals surface area contributed by atoms with E-state index in [1.54, 1.807) is 0 Å². The van der Waals surface area contributed by atoms with Crippen molar-refractivity contribution in [1.82, 2.24) is 5.32 Å². The van der Waals surface area contributed by atoms with Crippen LogP contribution in [0.15, 0.2) is 30.3 Å². The van der Waals surface area contributed by atoms with Crippen LogP contribution in [0.3, 0.4) is 0 Å². The number of benzene rings is 1. The molecule has 0 amide bonds. The van der Waals surface area contributed by atoms with E-state index in [9.17, 15) is 0 Å². The highest BCUT2D eigenvalue weighted by Gasteiger charge is 2.17. The standard InChI is InChI=1S/C17H27NS/c1-2-3-5-10-17(16-8-6-4-7-9-16)18-13-15-11-12-19-14-15/h4,6-9,15,17-18H,2-3,5,10-14H2,1H3. The third-order valence-corrected chi connectivity index (χ3v) is 5.21. The van der Waals surface area contributed by atoms with Gasteiger partial charge in [-0.3, -0.25) is 0 Å². The number of unbranched alkanes of at least 4 members (excludes halogenated alkanes) is 2. The molecule has 1 saturated heterocycles. The largest absolute Gasteiger partial charge is 0.310 e. The van der Waals surface area contributed by atoms with E-state index >= 15 is 0 Å². The quantitative estimate of drug-likeness (QED) is 0.694. The fraction of sp³-hybridized carbons (Fsp3) is 0.647. The molecule has 2 atom stereocenters. The zero-order valence-corrected chi connectivity index (χ0v) is 12.9. The van der Waals surface area contributed by atoms with Gasteiger partial charge in [0.05, 0.1) is 0 Å². The lowest BCUT2D eigenvalue weighted by Gasteiger charge is -2.21. The lowest BCUT2D eigenvalue weighted by Crippen LogP contribution is -2.27. The number of nitrogens with one attached hydrogen (secondary N) is 1. The molecule has 19 heavy (non-hydrogen) atoms. The normalized spacial score (nSPS) is 20.6. The Morgan fingerprint density at radius 3 is 2.79 bits per heavy atom. The first kappa shape index (κ1) is 14.9. The van der Waals surface area contributed by atoms with Crippen LogP contribution in [-0.2, 0) is 0 Å². The van der Waals surface area contributed by atoms with Crippen molar-refractivity contribution in [1.29, 1.82) is 0 Å². The van der Waals surface area contributed by atoms with E-state index in [1.807, 2.05) is 0 Å². The van der Waals surface area contributed by atoms with Crippen molar-refractivity contribution >= 4 is 11.8 Å². The molecule has 1 aromatic carbocycles. The van der Waals surface area contributed by atoms with E-state index in [0.29, 0.717) is 6.04 Å². The molecular weight excluding hydrogens is 250 g/mol. The second-order valence-corrected chi connectivity index (χ2v) is 6.75. The lowest BCUT2D eigenvalue weighted by molar-refractivity contribution is 0.428. The minimum Gasteiger partial charge on any atom is -0.310 e. The van der Waals surface area contributed by atoms with Crippen LogP contribution in [0, 0.1) is 5.92 Å². The molecule has 1 aliphatic rings. The topological polar surface area (TPSA) is 12.0 Å². The number of rotatable bonds is 8. The summed E-state index contributed by atoms with van der Waals surface area (Å²) in [7, 11) is 0. The molecule has 2 unspecified atom stereocenters. The van der Waals surface area contributed by atoms with Crippen LogP contribution in [0.25, 0.3) is 0 Å². The van der Waals surface area contributed by atoms with Gasteiger partial charge in [0, 0.05) is 6.04 Å². The summed E-state index contributed by atoms with van der Waals surface area (Å²) >= 11 is 2.11. The van der Waals surface area contributed by atoms with E-state index < -0.39 is 0 Å². The van der Waals surface area contributed by atoms with Crippen molar-refractivity contribution < 1.29 is 0 Å². The van der Waals surface area contributed by atoms with Gasteiger partial charge in [0.25, 0.3) is 0 Å². The Bertz CT molecular complexity index is 332. The molecule has 0 bridgehead atoms. The highest BCUT2D eigenvalue weighted by atomic mass is 32.2. The summed E-state index contributed by atoms with van der Waals surface area (Å²) in [6.07, 6.45) is 6.67. The predicted molar refractivity (Wildman–Crippen MR) is 86.8 cm³/mol. The number of thioether (sulfide) groups is 1. The Morgan fingerprint density at radius 2 is 2.11 bits per heavy atom. The summed E-state index contributed by atoms with van der Waals surface area (Å²) in [6, 6.07) is 11.5. The minimum absolute atomic E-state index is 0.554. The molecule has 1 N–H and O–H groups in total. The highest BCUT2D eigenvalue weighted by molar-refractivity contribution is 7.99. The monoisotopic (exact) mass is 277 g/mol. The van der Waals surface area contributed by atoms with E-state index in [4.69, 9.17) is 0 Å². The molecule has 0 saturated carbocycles. The molecule has 0 aromatic heterocycles. The first-order valence-electron chi connectivity index (χ1n) is 7.76. The Kier molecular flexibility index (Phi) is 6.80. The van der Waals surface area contributed by atoms with Gasteiger partial charge in [0.15, 0.2) is 0 Å². The second kappa shape index (κ2) is 8.65. The van der Waals surface area contributed by atoms with Gasteiger partial charge < -0.3 is 5.32 Å². The average molecular weight is 277 g/mol. The third kappa shape index (κ3) is 5.19. The van der Waals surface area contributed by atoms with Gasteiger partial charge in [0.1, 0.15) is 0 Å². The van der Waals surface area contributed by atoms with Crippen LogP contribution in [-0.4, -0.2) is 18.1 Å². The number of hydrogen-bond donors (Lipinski definition) is 1. The molecule has 0 spiro atoms. The molecule has 2 heteroatoms. The molecule has 1 aromatic rings. The van der Waals surface area contributed by atoms with Crippen molar-refractivity contribution in [2.75, 3.05) is 18.1 Å². The van der Waals surface area contributed by atoms with Gasteiger partial charge in [-0.15, -0.1) is 0 Å². The molecule has 0 aliphatic carbocycles. The molecule has 1 heterocycles. The van der Waals surface area contributed by atoms with Gasteiger partial charge in [-0.1, -0.05) is 56.5 Å². The maximum absolute atomic E-state index is 3.82. The molecule has 2 rings (SSSR count). The van der Waals surface area contributed by atoms with Crippen LogP contribution in [0.4, 0.5) is 0 Å². The third-order valence-electron chi connectivity index (χ3n) is 3.98. The molecule has 0 radical (unpaired) electrons. The van der Waals surface area contributed by atoms with Crippen LogP contribution in [0.2, 0.25) is 0 Å². The van der Waals surface area contributed by atoms with Crippen molar-refractivity contribution in [3.63, 3.8) is 0 Å². The summed E-state index contributed by atoms with van der Waals surface area (Å²) in [5.41, 5.74) is 1.46. The first-order chi connectivity index (χ1) is 9.40. The van der Waals surface area contributed by atoms with Crippen LogP contribution < -0.4 is 5.32 Å². The van der Waals surface area contributed by atoms with Crippen molar-refractivity contribution in [2.24, 2.45) is 5.92 Å². The van der Waals surface area contributed by atoms with E-state index in [1.165, 1.54) is 55.7 Å². The van der Waals surface area contributed by atoms with E-state index in [2.05, 4.69) is 54.3 Å². The second-order valence-electron chi connectivity index (χ2n) is 5.60. The molecule has 106 valence electrons. The maximum Gasteiger partial charge on any atom is 0.0320 e. The maximum atomic E-state index is 3.82. The van der Waals surface area contributed by atoms with Gasteiger partial charge in [0.2, 0.25) is 0 Å². The number of hydrogen-bond acceptors (Lipinski definition) is 2. The van der Waals surface area contributed by atoms with Crippen LogP contribution in [0.5, 0.6) is 0 Å². The van der Waals surface area contributed by atoms with Gasteiger partial charge in [-0.05, 0) is 42.4 Å². The Morgan fingerprint density at radius 1 is 1.26 bits per heavy atom. The zero-order chi connectivity index (χ0) is 13.3. The summed E-state index contributed by atoms with van der Waals surface area (Å²) in [5, 5.41) is 3.82.